The first-order valence-electron chi connectivity index (χ1n) is 16.5. The van der Waals surface area contributed by atoms with Crippen LogP contribution in [0.4, 0.5) is 4.79 Å². The summed E-state index contributed by atoms with van der Waals surface area (Å²) in [6.07, 6.45) is 10.5. The van der Waals surface area contributed by atoms with Gasteiger partial charge in [0.2, 0.25) is 0 Å². The van der Waals surface area contributed by atoms with E-state index in [-0.39, 0.29) is 29.9 Å². The lowest BCUT2D eigenvalue weighted by molar-refractivity contribution is 0.00298. The number of pyridine rings is 2. The van der Waals surface area contributed by atoms with Crippen LogP contribution < -0.4 is 5.69 Å². The van der Waals surface area contributed by atoms with Gasteiger partial charge in [0.15, 0.2) is 0 Å². The highest BCUT2D eigenvalue weighted by Crippen LogP contribution is 2.43. The number of carbonyl (C=O) groups excluding carboxylic acids is 1. The van der Waals surface area contributed by atoms with Crippen LogP contribution in [-0.2, 0) is 18.8 Å². The van der Waals surface area contributed by atoms with Crippen LogP contribution in [0.15, 0.2) is 59.9 Å². The first-order chi connectivity index (χ1) is 22.1. The molecule has 6 heterocycles. The lowest BCUT2D eigenvalue weighted by Gasteiger charge is -2.39. The quantitative estimate of drug-likeness (QED) is 0.206. The number of hydrogen-bond acceptors (Lipinski definition) is 6. The molecule has 2 aliphatic heterocycles. The minimum atomic E-state index is -0.543. The van der Waals surface area contributed by atoms with Crippen LogP contribution in [0.3, 0.4) is 0 Å². The third kappa shape index (κ3) is 6.04. The fourth-order valence-electron chi connectivity index (χ4n) is 6.81. The predicted octanol–water partition coefficient (Wildman–Crippen LogP) is 7.51. The van der Waals surface area contributed by atoms with Crippen LogP contribution in [0.25, 0.3) is 44.3 Å². The van der Waals surface area contributed by atoms with Crippen molar-refractivity contribution in [3.63, 3.8) is 0 Å². The van der Waals surface area contributed by atoms with Crippen molar-refractivity contribution in [1.29, 1.82) is 0 Å². The van der Waals surface area contributed by atoms with Crippen LogP contribution >= 0.6 is 0 Å². The lowest BCUT2D eigenvalue weighted by atomic mass is 9.97. The molecular formula is C36H47N7O3. The Bertz CT molecular complexity index is 1880. The number of ether oxygens (including phenoxy) is 1. The molecule has 2 atom stereocenters. The van der Waals surface area contributed by atoms with E-state index in [2.05, 4.69) is 22.2 Å². The van der Waals surface area contributed by atoms with Gasteiger partial charge in [0, 0.05) is 61.1 Å². The van der Waals surface area contributed by atoms with Gasteiger partial charge in [-0.15, -0.1) is 0 Å². The van der Waals surface area contributed by atoms with Crippen molar-refractivity contribution in [2.75, 3.05) is 0 Å². The van der Waals surface area contributed by atoms with Gasteiger partial charge < -0.3 is 9.64 Å². The molecule has 0 saturated carbocycles. The summed E-state index contributed by atoms with van der Waals surface area (Å²) in [6, 6.07) is 10.3. The van der Waals surface area contributed by atoms with E-state index in [1.807, 2.05) is 103 Å². The molecule has 2 fully saturated rings. The van der Waals surface area contributed by atoms with E-state index in [0.29, 0.717) is 0 Å². The molecule has 7 rings (SSSR count). The number of nitrogens with zero attached hydrogens (tertiary/aromatic N) is 7. The Hall–Kier alpha value is -4.47. The minimum Gasteiger partial charge on any atom is -0.444 e. The second-order valence-electron chi connectivity index (χ2n) is 12.7. The maximum Gasteiger partial charge on any atom is 0.410 e. The van der Waals surface area contributed by atoms with E-state index < -0.39 is 5.60 Å². The molecule has 0 radical (unpaired) electrons. The molecule has 10 nitrogen and oxygen atoms in total. The number of carbonyl (C=O) groups is 1. The van der Waals surface area contributed by atoms with E-state index in [0.717, 1.165) is 70.0 Å². The van der Waals surface area contributed by atoms with Crippen LogP contribution in [0, 0.1) is 0 Å². The van der Waals surface area contributed by atoms with Crippen molar-refractivity contribution in [2.24, 2.45) is 14.1 Å². The van der Waals surface area contributed by atoms with E-state index in [1.165, 1.54) is 0 Å². The fraction of sp³-hybridized carbons (Fsp3) is 0.472. The zero-order valence-corrected chi connectivity index (χ0v) is 28.6. The summed E-state index contributed by atoms with van der Waals surface area (Å²) in [6.45, 7) is 13.7. The maximum atomic E-state index is 13.8. The van der Waals surface area contributed by atoms with Gasteiger partial charge in [0.25, 0.3) is 0 Å². The number of rotatable bonds is 3. The Kier molecular flexibility index (Phi) is 9.37. The van der Waals surface area contributed by atoms with Gasteiger partial charge in [0.05, 0.1) is 34.6 Å². The van der Waals surface area contributed by atoms with Crippen molar-refractivity contribution in [3.05, 3.63) is 65.6 Å². The average Bonchev–Trinajstić information content (AvgIpc) is 3.69. The van der Waals surface area contributed by atoms with Crippen LogP contribution in [-0.4, -0.2) is 57.6 Å². The van der Waals surface area contributed by atoms with Gasteiger partial charge in [-0.2, -0.15) is 5.10 Å². The molecule has 46 heavy (non-hydrogen) atoms. The smallest absolute Gasteiger partial charge is 0.410 e. The van der Waals surface area contributed by atoms with Gasteiger partial charge in [-0.05, 0) is 70.2 Å². The average molecular weight is 626 g/mol. The number of aryl methyl sites for hydroxylation is 2. The summed E-state index contributed by atoms with van der Waals surface area (Å²) in [5.41, 5.74) is 5.75. The molecule has 5 aromatic rings. The standard InChI is InChI=1S/C32H35N7O3.2C2H6/c1-32(2,3)42-31(41)38-22-8-9-23(38)14-24(13-22)39-29-25-12-19(6-11-27(25)34-17-28(29)37(5)30(39)40)20-7-10-26(33-15-20)21-16-35-36(4)18-21;2*1-2/h6-7,10-12,15-18,22-24H,8-9,13-14H2,1-5H3;2*1-2H3. The highest BCUT2D eigenvalue weighted by atomic mass is 16.6. The first kappa shape index (κ1) is 32.9. The molecule has 2 aliphatic rings. The predicted molar refractivity (Wildman–Crippen MR) is 184 cm³/mol. The fourth-order valence-corrected chi connectivity index (χ4v) is 6.81. The van der Waals surface area contributed by atoms with Crippen molar-refractivity contribution in [2.45, 2.75) is 97.9 Å². The van der Waals surface area contributed by atoms with E-state index >= 15 is 0 Å². The Morgan fingerprint density at radius 2 is 1.52 bits per heavy atom. The number of amides is 1. The van der Waals surface area contributed by atoms with Gasteiger partial charge in [-0.1, -0.05) is 39.8 Å². The second-order valence-corrected chi connectivity index (χ2v) is 12.7. The number of fused-ring (bicyclic) bond motifs is 5. The van der Waals surface area contributed by atoms with Gasteiger partial charge in [0.1, 0.15) is 5.60 Å². The molecule has 2 saturated heterocycles. The van der Waals surface area contributed by atoms with Crippen molar-refractivity contribution >= 4 is 28.0 Å². The van der Waals surface area contributed by atoms with Crippen LogP contribution in [0.5, 0.6) is 0 Å². The minimum absolute atomic E-state index is 0.0212. The molecule has 2 unspecified atom stereocenters. The monoisotopic (exact) mass is 625 g/mol. The SMILES string of the molecule is CC.CC.Cn1cc(-c2ccc(-c3ccc4ncc5c(c4c3)n(C3CC4CCC(C3)N4C(=O)OC(C)(C)C)c(=O)n5C)cn2)cn1. The molecule has 0 N–H and O–H groups in total. The van der Waals surface area contributed by atoms with Gasteiger partial charge >= 0.3 is 11.8 Å². The maximum absolute atomic E-state index is 13.8. The molecule has 0 aliphatic carbocycles. The van der Waals surface area contributed by atoms with E-state index in [9.17, 15) is 9.59 Å². The van der Waals surface area contributed by atoms with Crippen molar-refractivity contribution in [1.82, 2.24) is 33.8 Å². The Morgan fingerprint density at radius 3 is 2.11 bits per heavy atom. The molecule has 1 aromatic carbocycles. The molecular weight excluding hydrogens is 578 g/mol. The van der Waals surface area contributed by atoms with Crippen LogP contribution in [0.2, 0.25) is 0 Å². The summed E-state index contributed by atoms with van der Waals surface area (Å²) in [4.78, 5) is 38.2. The largest absolute Gasteiger partial charge is 0.444 e. The van der Waals surface area contributed by atoms with E-state index in [4.69, 9.17) is 9.72 Å². The van der Waals surface area contributed by atoms with Gasteiger partial charge in [-0.25, -0.2) is 9.59 Å². The number of aromatic nitrogens is 6. The summed E-state index contributed by atoms with van der Waals surface area (Å²) >= 11 is 0. The highest BCUT2D eigenvalue weighted by Gasteiger charge is 2.46. The molecule has 1 amide bonds. The molecule has 4 aromatic heterocycles. The Morgan fingerprint density at radius 1 is 0.848 bits per heavy atom. The second kappa shape index (κ2) is 13.1. The Labute approximate surface area is 271 Å². The zero-order chi connectivity index (χ0) is 33.3. The van der Waals surface area contributed by atoms with Gasteiger partial charge in [-0.3, -0.25) is 23.8 Å². The third-order valence-corrected chi connectivity index (χ3v) is 8.69. The Balaban J connectivity index is 0.00000100. The third-order valence-electron chi connectivity index (χ3n) is 8.69. The van der Waals surface area contributed by atoms with Crippen molar-refractivity contribution < 1.29 is 9.53 Å². The number of hydrogen-bond donors (Lipinski definition) is 0. The number of piperidine rings is 1. The molecule has 0 spiro atoms. The zero-order valence-electron chi connectivity index (χ0n) is 28.6. The normalized spacial score (nSPS) is 19.0. The van der Waals surface area contributed by atoms with Crippen LogP contribution in [0.1, 0.15) is 80.2 Å². The summed E-state index contributed by atoms with van der Waals surface area (Å²) in [5.74, 6) is 0. The molecule has 10 heteroatoms. The molecule has 2 bridgehead atoms. The summed E-state index contributed by atoms with van der Waals surface area (Å²) in [7, 11) is 3.70. The first-order valence-corrected chi connectivity index (χ1v) is 16.5. The summed E-state index contributed by atoms with van der Waals surface area (Å²) < 4.78 is 11.2. The number of imidazole rings is 1. The van der Waals surface area contributed by atoms with Crippen molar-refractivity contribution in [3.8, 4) is 22.4 Å². The number of benzene rings is 1. The summed E-state index contributed by atoms with van der Waals surface area (Å²) in [5, 5.41) is 5.18. The van der Waals surface area contributed by atoms with E-state index in [1.54, 1.807) is 21.6 Å². The lowest BCUT2D eigenvalue weighted by Crippen LogP contribution is -2.49. The molecule has 244 valence electrons. The topological polar surface area (TPSA) is 100 Å². The highest BCUT2D eigenvalue weighted by molar-refractivity contribution is 6.04.